The first kappa shape index (κ1) is 11.1. The predicted octanol–water partition coefficient (Wildman–Crippen LogP) is 2.15. The van der Waals surface area contributed by atoms with Crippen LogP contribution in [-0.4, -0.2) is 24.3 Å². The van der Waals surface area contributed by atoms with Gasteiger partial charge in [-0.3, -0.25) is 0 Å². The highest BCUT2D eigenvalue weighted by atomic mass is 16.5. The number of para-hydroxylation sites is 1. The molecule has 0 spiro atoms. The van der Waals surface area contributed by atoms with E-state index in [4.69, 9.17) is 4.74 Å². The maximum Gasteiger partial charge on any atom is 0.121 e. The highest BCUT2D eigenvalue weighted by Crippen LogP contribution is 2.45. The third-order valence-electron chi connectivity index (χ3n) is 4.27. The van der Waals surface area contributed by atoms with Crippen LogP contribution in [0.5, 0.6) is 5.75 Å². The lowest BCUT2D eigenvalue weighted by Gasteiger charge is -2.40. The molecule has 2 bridgehead atoms. The Hall–Kier alpha value is -1.06. The first-order valence-electron chi connectivity index (χ1n) is 6.33. The average Bonchev–Trinajstić information content (AvgIpc) is 2.69. The molecule has 1 aromatic rings. The highest BCUT2D eigenvalue weighted by Gasteiger charge is 2.46. The summed E-state index contributed by atoms with van der Waals surface area (Å²) in [5.74, 6) is 0.357. The van der Waals surface area contributed by atoms with E-state index in [1.165, 1.54) is 12.8 Å². The third-order valence-corrected chi connectivity index (χ3v) is 4.27. The molecule has 2 aliphatic heterocycles. The van der Waals surface area contributed by atoms with Crippen LogP contribution in [0.3, 0.4) is 0 Å². The molecule has 17 heavy (non-hydrogen) atoms. The molecule has 0 radical (unpaired) electrons. The Morgan fingerprint density at radius 3 is 2.47 bits per heavy atom. The normalized spacial score (nSPS) is 36.1. The van der Waals surface area contributed by atoms with Crippen molar-refractivity contribution in [3.63, 3.8) is 0 Å². The molecular formula is C14H19NO2. The summed E-state index contributed by atoms with van der Waals surface area (Å²) in [4.78, 5) is 0. The number of ether oxygens (including phenoxy) is 1. The van der Waals surface area contributed by atoms with Gasteiger partial charge in [0.25, 0.3) is 0 Å². The summed E-state index contributed by atoms with van der Waals surface area (Å²) in [6, 6.07) is 8.64. The lowest BCUT2D eigenvalue weighted by molar-refractivity contribution is -0.0540. The zero-order valence-corrected chi connectivity index (χ0v) is 10.1. The predicted molar refractivity (Wildman–Crippen MR) is 66.0 cm³/mol. The van der Waals surface area contributed by atoms with Gasteiger partial charge in [0.2, 0.25) is 0 Å². The molecule has 0 amide bonds. The fourth-order valence-corrected chi connectivity index (χ4v) is 3.46. The number of piperidine rings is 1. The number of nitrogens with one attached hydrogen (secondary N) is 1. The standard InChI is InChI=1S/C14H19NO2/c1-17-14(12-4-2-3-5-13(12)16)8-10-6-7-11(9-14)15-10/h2-5,10-11,15-16H,6-9H2,1H3. The van der Waals surface area contributed by atoms with Crippen molar-refractivity contribution < 1.29 is 9.84 Å². The molecule has 2 aliphatic rings. The number of hydrogen-bond donors (Lipinski definition) is 2. The number of fused-ring (bicyclic) bond motifs is 2. The number of phenols is 1. The lowest BCUT2D eigenvalue weighted by Crippen LogP contribution is -2.47. The molecule has 3 heteroatoms. The van der Waals surface area contributed by atoms with Gasteiger partial charge >= 0.3 is 0 Å². The molecule has 3 nitrogen and oxygen atoms in total. The van der Waals surface area contributed by atoms with Gasteiger partial charge in [-0.25, -0.2) is 0 Å². The minimum Gasteiger partial charge on any atom is -0.508 e. The molecule has 2 fully saturated rings. The molecule has 1 aromatic carbocycles. The van der Waals surface area contributed by atoms with Crippen molar-refractivity contribution in [2.75, 3.05) is 7.11 Å². The SMILES string of the molecule is COC1(c2ccccc2O)CC2CCC(C1)N2. The second-order valence-corrected chi connectivity index (χ2v) is 5.26. The summed E-state index contributed by atoms with van der Waals surface area (Å²) in [5, 5.41) is 13.7. The minimum atomic E-state index is -0.303. The van der Waals surface area contributed by atoms with Gasteiger partial charge in [-0.2, -0.15) is 0 Å². The van der Waals surface area contributed by atoms with Crippen LogP contribution in [0.1, 0.15) is 31.2 Å². The van der Waals surface area contributed by atoms with Crippen LogP contribution < -0.4 is 5.32 Å². The molecule has 2 saturated heterocycles. The Balaban J connectivity index is 2.00. The molecule has 0 aromatic heterocycles. The van der Waals surface area contributed by atoms with Crippen molar-refractivity contribution in [2.45, 2.75) is 43.4 Å². The van der Waals surface area contributed by atoms with E-state index in [0.29, 0.717) is 17.8 Å². The fourth-order valence-electron chi connectivity index (χ4n) is 3.46. The van der Waals surface area contributed by atoms with Crippen LogP contribution in [-0.2, 0) is 10.3 Å². The van der Waals surface area contributed by atoms with Crippen LogP contribution in [0.15, 0.2) is 24.3 Å². The molecule has 2 unspecified atom stereocenters. The number of aromatic hydroxyl groups is 1. The summed E-state index contributed by atoms with van der Waals surface area (Å²) < 4.78 is 5.83. The van der Waals surface area contributed by atoms with Crippen LogP contribution in [0.2, 0.25) is 0 Å². The average molecular weight is 233 g/mol. The van der Waals surface area contributed by atoms with Crippen LogP contribution >= 0.6 is 0 Å². The Bertz CT molecular complexity index is 406. The Morgan fingerprint density at radius 1 is 1.24 bits per heavy atom. The number of rotatable bonds is 2. The smallest absolute Gasteiger partial charge is 0.121 e. The zero-order valence-electron chi connectivity index (χ0n) is 10.1. The Kier molecular flexibility index (Phi) is 2.60. The molecule has 0 aliphatic carbocycles. The molecule has 2 heterocycles. The lowest BCUT2D eigenvalue weighted by atomic mass is 9.81. The van der Waals surface area contributed by atoms with Crippen molar-refractivity contribution in [1.29, 1.82) is 0 Å². The van der Waals surface area contributed by atoms with Gasteiger partial charge in [0.15, 0.2) is 0 Å². The first-order chi connectivity index (χ1) is 8.23. The number of methoxy groups -OCH3 is 1. The molecule has 2 N–H and O–H groups in total. The van der Waals surface area contributed by atoms with Crippen LogP contribution in [0, 0.1) is 0 Å². The van der Waals surface area contributed by atoms with Crippen LogP contribution in [0.4, 0.5) is 0 Å². The molecule has 92 valence electrons. The Labute approximate surface area is 102 Å². The molecule has 0 saturated carbocycles. The van der Waals surface area contributed by atoms with E-state index < -0.39 is 0 Å². The van der Waals surface area contributed by atoms with E-state index in [0.717, 1.165) is 18.4 Å². The van der Waals surface area contributed by atoms with E-state index in [2.05, 4.69) is 5.32 Å². The van der Waals surface area contributed by atoms with Gasteiger partial charge in [-0.05, 0) is 31.7 Å². The van der Waals surface area contributed by atoms with Crippen molar-refractivity contribution in [1.82, 2.24) is 5.32 Å². The minimum absolute atomic E-state index is 0.303. The van der Waals surface area contributed by atoms with Crippen LogP contribution in [0.25, 0.3) is 0 Å². The third kappa shape index (κ3) is 1.74. The maximum absolute atomic E-state index is 10.1. The maximum atomic E-state index is 10.1. The van der Waals surface area contributed by atoms with Gasteiger partial charge in [0.1, 0.15) is 5.75 Å². The topological polar surface area (TPSA) is 41.5 Å². The van der Waals surface area contributed by atoms with E-state index in [-0.39, 0.29) is 5.60 Å². The largest absolute Gasteiger partial charge is 0.508 e. The summed E-state index contributed by atoms with van der Waals surface area (Å²) in [6.45, 7) is 0. The summed E-state index contributed by atoms with van der Waals surface area (Å²) >= 11 is 0. The first-order valence-corrected chi connectivity index (χ1v) is 6.33. The second kappa shape index (κ2) is 4.00. The number of phenolic OH excluding ortho intramolecular Hbond substituents is 1. The van der Waals surface area contributed by atoms with E-state index in [9.17, 15) is 5.11 Å². The second-order valence-electron chi connectivity index (χ2n) is 5.26. The van der Waals surface area contributed by atoms with E-state index in [1.54, 1.807) is 13.2 Å². The highest BCUT2D eigenvalue weighted by molar-refractivity contribution is 5.38. The van der Waals surface area contributed by atoms with Crippen molar-refractivity contribution >= 4 is 0 Å². The van der Waals surface area contributed by atoms with Gasteiger partial charge in [-0.1, -0.05) is 18.2 Å². The van der Waals surface area contributed by atoms with E-state index in [1.807, 2.05) is 18.2 Å². The summed E-state index contributed by atoms with van der Waals surface area (Å²) in [5.41, 5.74) is 0.642. The van der Waals surface area contributed by atoms with Gasteiger partial charge in [0, 0.05) is 24.8 Å². The summed E-state index contributed by atoms with van der Waals surface area (Å²) in [6.07, 6.45) is 4.36. The molecular weight excluding hydrogens is 214 g/mol. The zero-order chi connectivity index (χ0) is 11.9. The fraction of sp³-hybridized carbons (Fsp3) is 0.571. The summed E-state index contributed by atoms with van der Waals surface area (Å²) in [7, 11) is 1.76. The van der Waals surface area contributed by atoms with Crippen molar-refractivity contribution in [2.24, 2.45) is 0 Å². The molecule has 3 rings (SSSR count). The number of benzene rings is 1. The van der Waals surface area contributed by atoms with E-state index >= 15 is 0 Å². The van der Waals surface area contributed by atoms with Gasteiger partial charge < -0.3 is 15.2 Å². The van der Waals surface area contributed by atoms with Gasteiger partial charge in [0.05, 0.1) is 5.60 Å². The van der Waals surface area contributed by atoms with Crippen molar-refractivity contribution in [3.05, 3.63) is 29.8 Å². The monoisotopic (exact) mass is 233 g/mol. The Morgan fingerprint density at radius 2 is 1.88 bits per heavy atom. The molecule has 2 atom stereocenters. The number of hydrogen-bond acceptors (Lipinski definition) is 3. The quantitative estimate of drug-likeness (QED) is 0.822. The van der Waals surface area contributed by atoms with Gasteiger partial charge in [-0.15, -0.1) is 0 Å². The van der Waals surface area contributed by atoms with Crippen molar-refractivity contribution in [3.8, 4) is 5.75 Å².